The molecular formula is C25H26N6O2. The fourth-order valence-corrected chi connectivity index (χ4v) is 5.21. The van der Waals surface area contributed by atoms with Gasteiger partial charge < -0.3 is 14.0 Å². The number of carbonyl (C=O) groups excluding carboxylic acids is 1. The maximum Gasteiger partial charge on any atom is 0.259 e. The highest BCUT2D eigenvalue weighted by atomic mass is 16.5. The first-order valence-electron chi connectivity index (χ1n) is 11.8. The van der Waals surface area contributed by atoms with Crippen molar-refractivity contribution >= 4 is 17.0 Å². The predicted octanol–water partition coefficient (Wildman–Crippen LogP) is 4.49. The average Bonchev–Trinajstić information content (AvgIpc) is 3.54. The van der Waals surface area contributed by atoms with Gasteiger partial charge in [-0.15, -0.1) is 10.2 Å². The molecule has 8 nitrogen and oxygen atoms in total. The number of aromatic nitrogens is 5. The van der Waals surface area contributed by atoms with Crippen LogP contribution in [0.2, 0.25) is 0 Å². The zero-order chi connectivity index (χ0) is 22.4. The SMILES string of the molecule is Cc1noc2nc(-c3ccccc3)cc(C(=O)N3CCCC3c3nnc4n3CCCCC4)c12. The van der Waals surface area contributed by atoms with Gasteiger partial charge in [-0.25, -0.2) is 4.98 Å². The molecule has 1 unspecified atom stereocenters. The molecule has 33 heavy (non-hydrogen) atoms. The summed E-state index contributed by atoms with van der Waals surface area (Å²) >= 11 is 0. The van der Waals surface area contributed by atoms with Crippen molar-refractivity contribution in [1.82, 2.24) is 29.8 Å². The highest BCUT2D eigenvalue weighted by molar-refractivity contribution is 6.07. The molecule has 0 aliphatic carbocycles. The molecule has 0 radical (unpaired) electrons. The van der Waals surface area contributed by atoms with Crippen LogP contribution in [0.15, 0.2) is 40.9 Å². The first kappa shape index (κ1) is 20.1. The molecule has 0 N–H and O–H groups in total. The molecule has 1 saturated heterocycles. The van der Waals surface area contributed by atoms with Gasteiger partial charge in [0.2, 0.25) is 0 Å². The van der Waals surface area contributed by atoms with Crippen molar-refractivity contribution in [1.29, 1.82) is 0 Å². The number of aryl methyl sites for hydroxylation is 2. The Bertz CT molecular complexity index is 1330. The topological polar surface area (TPSA) is 89.9 Å². The number of pyridine rings is 1. The summed E-state index contributed by atoms with van der Waals surface area (Å²) in [5.41, 5.74) is 3.29. The van der Waals surface area contributed by atoms with E-state index in [1.54, 1.807) is 0 Å². The summed E-state index contributed by atoms with van der Waals surface area (Å²) in [5, 5.41) is 13.8. The molecule has 8 heteroatoms. The number of carbonyl (C=O) groups is 1. The van der Waals surface area contributed by atoms with Crippen molar-refractivity contribution < 1.29 is 9.32 Å². The summed E-state index contributed by atoms with van der Waals surface area (Å²) < 4.78 is 7.75. The second kappa shape index (κ2) is 8.10. The monoisotopic (exact) mass is 442 g/mol. The first-order chi connectivity index (χ1) is 16.2. The number of likely N-dealkylation sites (tertiary alicyclic amines) is 1. The smallest absolute Gasteiger partial charge is 0.259 e. The zero-order valence-electron chi connectivity index (χ0n) is 18.7. The lowest BCUT2D eigenvalue weighted by molar-refractivity contribution is 0.0729. The van der Waals surface area contributed by atoms with E-state index < -0.39 is 0 Å². The molecule has 4 aromatic rings. The van der Waals surface area contributed by atoms with Gasteiger partial charge in [0.05, 0.1) is 28.4 Å². The molecule has 5 heterocycles. The van der Waals surface area contributed by atoms with Gasteiger partial charge in [0.25, 0.3) is 11.6 Å². The van der Waals surface area contributed by atoms with E-state index in [2.05, 4.69) is 24.9 Å². The molecule has 168 valence electrons. The third kappa shape index (κ3) is 3.41. The summed E-state index contributed by atoms with van der Waals surface area (Å²) in [6.45, 7) is 3.48. The highest BCUT2D eigenvalue weighted by Gasteiger charge is 2.36. The summed E-state index contributed by atoms with van der Waals surface area (Å²) in [6.07, 6.45) is 6.28. The summed E-state index contributed by atoms with van der Waals surface area (Å²) in [6, 6.07) is 11.7. The fourth-order valence-electron chi connectivity index (χ4n) is 5.21. The number of hydrogen-bond donors (Lipinski definition) is 0. The van der Waals surface area contributed by atoms with E-state index in [-0.39, 0.29) is 11.9 Å². The molecule has 2 aliphatic rings. The van der Waals surface area contributed by atoms with Crippen molar-refractivity contribution in [3.63, 3.8) is 0 Å². The van der Waals surface area contributed by atoms with Crippen LogP contribution in [0.25, 0.3) is 22.4 Å². The van der Waals surface area contributed by atoms with Crippen molar-refractivity contribution in [2.75, 3.05) is 6.54 Å². The Kier molecular flexibility index (Phi) is 4.93. The van der Waals surface area contributed by atoms with Crippen molar-refractivity contribution in [3.8, 4) is 11.3 Å². The third-order valence-electron chi connectivity index (χ3n) is 6.87. The van der Waals surface area contributed by atoms with Crippen molar-refractivity contribution in [2.24, 2.45) is 0 Å². The van der Waals surface area contributed by atoms with E-state index in [4.69, 9.17) is 4.52 Å². The Morgan fingerprint density at radius 3 is 2.82 bits per heavy atom. The molecule has 2 aliphatic heterocycles. The van der Waals surface area contributed by atoms with E-state index in [1.165, 1.54) is 6.42 Å². The van der Waals surface area contributed by atoms with Crippen LogP contribution < -0.4 is 0 Å². The van der Waals surface area contributed by atoms with Gasteiger partial charge in [-0.05, 0) is 38.7 Å². The first-order valence-corrected chi connectivity index (χ1v) is 11.8. The predicted molar refractivity (Wildman–Crippen MR) is 123 cm³/mol. The Balaban J connectivity index is 1.42. The fraction of sp³-hybridized carbons (Fsp3) is 0.400. The maximum atomic E-state index is 14.0. The Hall–Kier alpha value is -3.55. The minimum absolute atomic E-state index is 0.0284. The lowest BCUT2D eigenvalue weighted by atomic mass is 10.0. The molecule has 1 atom stereocenters. The number of amides is 1. The molecular weight excluding hydrogens is 416 g/mol. The number of fused-ring (bicyclic) bond motifs is 2. The van der Waals surface area contributed by atoms with Crippen LogP contribution in [0.5, 0.6) is 0 Å². The largest absolute Gasteiger partial charge is 0.335 e. The van der Waals surface area contributed by atoms with Gasteiger partial charge in [-0.2, -0.15) is 0 Å². The van der Waals surface area contributed by atoms with Crippen LogP contribution in [0.1, 0.15) is 65.8 Å². The Morgan fingerprint density at radius 1 is 1.06 bits per heavy atom. The standard InChI is InChI=1S/C25H26N6O2/c1-16-22-18(15-19(26-24(22)33-29-16)17-9-4-2-5-10-17)25(32)30-14-8-11-20(30)23-28-27-21-12-6-3-7-13-31(21)23/h2,4-5,9-10,15,20H,3,6-8,11-14H2,1H3. The maximum absolute atomic E-state index is 14.0. The van der Waals surface area contributed by atoms with Gasteiger partial charge in [0, 0.05) is 25.1 Å². The molecule has 3 aromatic heterocycles. The normalized spacial score (nSPS) is 18.5. The van der Waals surface area contributed by atoms with Crippen LogP contribution in [0.4, 0.5) is 0 Å². The van der Waals surface area contributed by atoms with Gasteiger partial charge >= 0.3 is 0 Å². The van der Waals surface area contributed by atoms with Gasteiger partial charge in [-0.3, -0.25) is 4.79 Å². The van der Waals surface area contributed by atoms with Crippen molar-refractivity contribution in [2.45, 2.75) is 58.0 Å². The number of benzene rings is 1. The van der Waals surface area contributed by atoms with Crippen LogP contribution in [0.3, 0.4) is 0 Å². The molecule has 0 bridgehead atoms. The zero-order valence-corrected chi connectivity index (χ0v) is 18.7. The van der Waals surface area contributed by atoms with Crippen LogP contribution in [-0.2, 0) is 13.0 Å². The van der Waals surface area contributed by atoms with E-state index in [0.29, 0.717) is 34.6 Å². The van der Waals surface area contributed by atoms with Crippen molar-refractivity contribution in [3.05, 3.63) is 59.3 Å². The average molecular weight is 443 g/mol. The molecule has 0 saturated carbocycles. The highest BCUT2D eigenvalue weighted by Crippen LogP contribution is 2.36. The lowest BCUT2D eigenvalue weighted by Crippen LogP contribution is -2.32. The van der Waals surface area contributed by atoms with Crippen LogP contribution in [-0.4, -0.2) is 42.3 Å². The number of nitrogens with zero attached hydrogens (tertiary/aromatic N) is 6. The van der Waals surface area contributed by atoms with Crippen LogP contribution in [0, 0.1) is 6.92 Å². The molecule has 1 fully saturated rings. The Morgan fingerprint density at radius 2 is 1.94 bits per heavy atom. The summed E-state index contributed by atoms with van der Waals surface area (Å²) in [4.78, 5) is 20.6. The quantitative estimate of drug-likeness (QED) is 0.464. The van der Waals surface area contributed by atoms with E-state index >= 15 is 0 Å². The minimum Gasteiger partial charge on any atom is -0.335 e. The molecule has 1 amide bonds. The van der Waals surface area contributed by atoms with Crippen LogP contribution >= 0.6 is 0 Å². The van der Waals surface area contributed by atoms with E-state index in [9.17, 15) is 4.79 Å². The summed E-state index contributed by atoms with van der Waals surface area (Å²) in [5.74, 6) is 1.95. The molecule has 6 rings (SSSR count). The van der Waals surface area contributed by atoms with Gasteiger partial charge in [-0.1, -0.05) is 41.9 Å². The second-order valence-corrected chi connectivity index (χ2v) is 8.96. The lowest BCUT2D eigenvalue weighted by Gasteiger charge is -2.25. The number of rotatable bonds is 3. The van der Waals surface area contributed by atoms with E-state index in [1.807, 2.05) is 48.2 Å². The Labute approximate surface area is 191 Å². The molecule has 1 aromatic carbocycles. The minimum atomic E-state index is -0.0691. The van der Waals surface area contributed by atoms with Gasteiger partial charge in [0.1, 0.15) is 5.82 Å². The van der Waals surface area contributed by atoms with E-state index in [0.717, 1.165) is 55.9 Å². The third-order valence-corrected chi connectivity index (χ3v) is 6.87. The second-order valence-electron chi connectivity index (χ2n) is 8.96. The molecule has 0 spiro atoms. The summed E-state index contributed by atoms with van der Waals surface area (Å²) in [7, 11) is 0. The van der Waals surface area contributed by atoms with Gasteiger partial charge in [0.15, 0.2) is 5.82 Å². The number of hydrogen-bond acceptors (Lipinski definition) is 6.